The highest BCUT2D eigenvalue weighted by Crippen LogP contribution is 2.30. The number of carboxylic acids is 1. The van der Waals surface area contributed by atoms with Crippen LogP contribution >= 0.6 is 0 Å². The highest BCUT2D eigenvalue weighted by molar-refractivity contribution is 5.76. The molecular formula is C15H28N2O3. The predicted molar refractivity (Wildman–Crippen MR) is 78.6 cm³/mol. The Morgan fingerprint density at radius 2 is 1.95 bits per heavy atom. The molecule has 20 heavy (non-hydrogen) atoms. The number of hydrogen-bond acceptors (Lipinski definition) is 2. The molecule has 5 nitrogen and oxygen atoms in total. The van der Waals surface area contributed by atoms with Gasteiger partial charge in [0.1, 0.15) is 0 Å². The number of amides is 2. The quantitative estimate of drug-likeness (QED) is 0.815. The van der Waals surface area contributed by atoms with Crippen molar-refractivity contribution in [3.05, 3.63) is 0 Å². The lowest BCUT2D eigenvalue weighted by molar-refractivity contribution is -0.137. The van der Waals surface area contributed by atoms with Gasteiger partial charge in [-0.25, -0.2) is 4.79 Å². The van der Waals surface area contributed by atoms with Crippen molar-refractivity contribution in [2.45, 2.75) is 58.9 Å². The first-order valence-electron chi connectivity index (χ1n) is 7.49. The monoisotopic (exact) mass is 284 g/mol. The first kappa shape index (κ1) is 16.8. The van der Waals surface area contributed by atoms with Crippen LogP contribution in [0.2, 0.25) is 0 Å². The number of nitrogens with zero attached hydrogens (tertiary/aromatic N) is 1. The van der Waals surface area contributed by atoms with Crippen molar-refractivity contribution in [2.24, 2.45) is 11.8 Å². The van der Waals surface area contributed by atoms with Gasteiger partial charge in [-0.05, 0) is 39.0 Å². The van der Waals surface area contributed by atoms with Crippen molar-refractivity contribution in [3.8, 4) is 0 Å². The highest BCUT2D eigenvalue weighted by Gasteiger charge is 2.29. The summed E-state index contributed by atoms with van der Waals surface area (Å²) in [5, 5.41) is 11.8. The van der Waals surface area contributed by atoms with Gasteiger partial charge < -0.3 is 15.3 Å². The van der Waals surface area contributed by atoms with Crippen molar-refractivity contribution in [1.82, 2.24) is 10.2 Å². The number of rotatable bonds is 5. The van der Waals surface area contributed by atoms with Crippen LogP contribution < -0.4 is 5.32 Å². The van der Waals surface area contributed by atoms with E-state index in [1.165, 1.54) is 19.3 Å². The molecule has 116 valence electrons. The average molecular weight is 284 g/mol. The van der Waals surface area contributed by atoms with Gasteiger partial charge in [-0.15, -0.1) is 0 Å². The third-order valence-corrected chi connectivity index (χ3v) is 4.16. The molecule has 0 spiro atoms. The van der Waals surface area contributed by atoms with E-state index in [0.717, 1.165) is 0 Å². The molecule has 1 saturated carbocycles. The van der Waals surface area contributed by atoms with Crippen LogP contribution in [0, 0.1) is 11.8 Å². The Labute approximate surface area is 121 Å². The lowest BCUT2D eigenvalue weighted by Crippen LogP contribution is -2.52. The smallest absolute Gasteiger partial charge is 0.317 e. The van der Waals surface area contributed by atoms with Crippen molar-refractivity contribution in [1.29, 1.82) is 0 Å². The summed E-state index contributed by atoms with van der Waals surface area (Å²) in [5.41, 5.74) is -0.374. The molecule has 0 saturated heterocycles. The molecule has 0 aliphatic heterocycles. The summed E-state index contributed by atoms with van der Waals surface area (Å²) in [5.74, 6) is 0.342. The van der Waals surface area contributed by atoms with Crippen LogP contribution in [0.5, 0.6) is 0 Å². The molecule has 5 heteroatoms. The van der Waals surface area contributed by atoms with Crippen LogP contribution in [-0.4, -0.2) is 40.6 Å². The fourth-order valence-electron chi connectivity index (χ4n) is 2.79. The van der Waals surface area contributed by atoms with E-state index < -0.39 is 5.97 Å². The second kappa shape index (κ2) is 6.95. The summed E-state index contributed by atoms with van der Waals surface area (Å²) >= 11 is 0. The van der Waals surface area contributed by atoms with Gasteiger partial charge in [0.15, 0.2) is 0 Å². The van der Waals surface area contributed by atoms with E-state index in [4.69, 9.17) is 5.11 Å². The van der Waals surface area contributed by atoms with Gasteiger partial charge >= 0.3 is 12.0 Å². The van der Waals surface area contributed by atoms with E-state index in [9.17, 15) is 9.59 Å². The number of carbonyl (C=O) groups excluding carboxylic acids is 1. The Morgan fingerprint density at radius 1 is 1.30 bits per heavy atom. The fourth-order valence-corrected chi connectivity index (χ4v) is 2.79. The third kappa shape index (κ3) is 5.02. The standard InChI is InChI=1S/C15H28N2O3/c1-11-6-5-7-12(11)10-16-14(20)17(15(2,3)4)9-8-13(18)19/h11-12H,5-10H2,1-4H3,(H,16,20)(H,18,19). The third-order valence-electron chi connectivity index (χ3n) is 4.16. The van der Waals surface area contributed by atoms with Gasteiger partial charge in [-0.2, -0.15) is 0 Å². The Hall–Kier alpha value is -1.26. The van der Waals surface area contributed by atoms with Crippen LogP contribution in [0.15, 0.2) is 0 Å². The molecule has 2 unspecified atom stereocenters. The van der Waals surface area contributed by atoms with Crippen molar-refractivity contribution in [3.63, 3.8) is 0 Å². The van der Waals surface area contributed by atoms with E-state index in [1.54, 1.807) is 4.90 Å². The number of hydrogen-bond donors (Lipinski definition) is 2. The van der Waals surface area contributed by atoms with Gasteiger partial charge in [0.2, 0.25) is 0 Å². The molecule has 2 atom stereocenters. The summed E-state index contributed by atoms with van der Waals surface area (Å²) < 4.78 is 0. The average Bonchev–Trinajstić information content (AvgIpc) is 2.70. The van der Waals surface area contributed by atoms with Gasteiger partial charge in [-0.1, -0.05) is 19.8 Å². The van der Waals surface area contributed by atoms with E-state index in [0.29, 0.717) is 18.4 Å². The molecular weight excluding hydrogens is 256 g/mol. The number of carbonyl (C=O) groups is 2. The van der Waals surface area contributed by atoms with E-state index in [2.05, 4.69) is 12.2 Å². The number of urea groups is 1. The van der Waals surface area contributed by atoms with E-state index in [1.807, 2.05) is 20.8 Å². The minimum Gasteiger partial charge on any atom is -0.481 e. The fraction of sp³-hybridized carbons (Fsp3) is 0.867. The van der Waals surface area contributed by atoms with Crippen LogP contribution in [0.25, 0.3) is 0 Å². The molecule has 0 radical (unpaired) electrons. The van der Waals surface area contributed by atoms with E-state index >= 15 is 0 Å². The van der Waals surface area contributed by atoms with Crippen molar-refractivity contribution in [2.75, 3.05) is 13.1 Å². The SMILES string of the molecule is CC1CCCC1CNC(=O)N(CCC(=O)O)C(C)(C)C. The van der Waals surface area contributed by atoms with Crippen molar-refractivity contribution < 1.29 is 14.7 Å². The molecule has 2 amide bonds. The zero-order valence-corrected chi connectivity index (χ0v) is 13.1. The maximum atomic E-state index is 12.3. The van der Waals surface area contributed by atoms with Crippen LogP contribution in [0.4, 0.5) is 4.79 Å². The number of carboxylic acid groups (broad SMARTS) is 1. The van der Waals surface area contributed by atoms with Gasteiger partial charge in [0.05, 0.1) is 6.42 Å². The lowest BCUT2D eigenvalue weighted by atomic mass is 9.98. The Kier molecular flexibility index (Phi) is 5.84. The summed E-state index contributed by atoms with van der Waals surface area (Å²) in [6, 6.07) is -0.155. The summed E-state index contributed by atoms with van der Waals surface area (Å²) in [6.45, 7) is 8.94. The topological polar surface area (TPSA) is 69.6 Å². The molecule has 0 heterocycles. The maximum Gasteiger partial charge on any atom is 0.317 e. The molecule has 1 aliphatic rings. The second-order valence-electron chi connectivity index (χ2n) is 6.82. The Bertz CT molecular complexity index is 350. The summed E-state index contributed by atoms with van der Waals surface area (Å²) in [7, 11) is 0. The Morgan fingerprint density at radius 3 is 2.40 bits per heavy atom. The second-order valence-corrected chi connectivity index (χ2v) is 6.82. The normalized spacial score (nSPS) is 22.6. The molecule has 0 bridgehead atoms. The molecule has 2 N–H and O–H groups in total. The first-order valence-corrected chi connectivity index (χ1v) is 7.49. The van der Waals surface area contributed by atoms with Gasteiger partial charge in [0.25, 0.3) is 0 Å². The largest absolute Gasteiger partial charge is 0.481 e. The van der Waals surface area contributed by atoms with Gasteiger partial charge in [-0.3, -0.25) is 4.79 Å². The molecule has 1 rings (SSSR count). The van der Waals surface area contributed by atoms with Crippen LogP contribution in [0.3, 0.4) is 0 Å². The maximum absolute atomic E-state index is 12.3. The van der Waals surface area contributed by atoms with Crippen LogP contribution in [0.1, 0.15) is 53.4 Å². The molecule has 1 fully saturated rings. The van der Waals surface area contributed by atoms with Gasteiger partial charge in [0, 0.05) is 18.6 Å². The number of nitrogens with one attached hydrogen (secondary N) is 1. The van der Waals surface area contributed by atoms with E-state index in [-0.39, 0.29) is 24.5 Å². The summed E-state index contributed by atoms with van der Waals surface area (Å²) in [6.07, 6.45) is 3.63. The Balaban J connectivity index is 2.52. The molecule has 1 aliphatic carbocycles. The van der Waals surface area contributed by atoms with Crippen LogP contribution in [-0.2, 0) is 4.79 Å². The minimum atomic E-state index is -0.878. The van der Waals surface area contributed by atoms with Crippen molar-refractivity contribution >= 4 is 12.0 Å². The predicted octanol–water partition coefficient (Wildman–Crippen LogP) is 2.71. The zero-order chi connectivity index (χ0) is 15.3. The minimum absolute atomic E-state index is 0.0233. The zero-order valence-electron chi connectivity index (χ0n) is 13.1. The molecule has 0 aromatic carbocycles. The first-order chi connectivity index (χ1) is 9.21. The number of aliphatic carboxylic acids is 1. The molecule has 0 aromatic heterocycles. The summed E-state index contributed by atoms with van der Waals surface area (Å²) in [4.78, 5) is 24.6. The molecule has 0 aromatic rings. The highest BCUT2D eigenvalue weighted by atomic mass is 16.4. The lowest BCUT2D eigenvalue weighted by Gasteiger charge is -2.35.